The van der Waals surface area contributed by atoms with Crippen molar-refractivity contribution >= 4 is 17.7 Å². The minimum absolute atomic E-state index is 0.226. The normalized spacial score (nSPS) is 18.5. The van der Waals surface area contributed by atoms with Gasteiger partial charge in [0.15, 0.2) is 0 Å². The maximum Gasteiger partial charge on any atom is 0.411 e. The number of amides is 2. The Morgan fingerprint density at radius 3 is 2.57 bits per heavy atom. The lowest BCUT2D eigenvalue weighted by Gasteiger charge is -2.37. The number of hydrogen-bond donors (Lipinski definition) is 1. The zero-order chi connectivity index (χ0) is 25.5. The van der Waals surface area contributed by atoms with E-state index in [9.17, 15) is 9.59 Å². The first-order valence-corrected chi connectivity index (χ1v) is 12.3. The molecule has 188 valence electrons. The number of rotatable bonds is 4. The Morgan fingerprint density at radius 1 is 1.14 bits per heavy atom. The molecule has 2 aromatic carbocycles. The van der Waals surface area contributed by atoms with Crippen LogP contribution in [-0.2, 0) is 27.8 Å². The summed E-state index contributed by atoms with van der Waals surface area (Å²) in [7, 11) is 0. The van der Waals surface area contributed by atoms with Gasteiger partial charge in [0.05, 0.1) is 6.61 Å². The number of fused-ring (bicyclic) bond motifs is 2. The molecule has 35 heavy (non-hydrogen) atoms. The van der Waals surface area contributed by atoms with E-state index < -0.39 is 23.6 Å². The van der Waals surface area contributed by atoms with E-state index in [1.165, 1.54) is 11.0 Å². The summed E-state index contributed by atoms with van der Waals surface area (Å²) < 4.78 is 26.3. The van der Waals surface area contributed by atoms with E-state index in [0.717, 1.165) is 35.3 Å². The Morgan fingerprint density at radius 2 is 1.89 bits per heavy atom. The second kappa shape index (κ2) is 9.17. The van der Waals surface area contributed by atoms with Gasteiger partial charge in [-0.05, 0) is 98.9 Å². The summed E-state index contributed by atoms with van der Waals surface area (Å²) in [5.74, 6) is 0.00621. The third kappa shape index (κ3) is 5.14. The number of hydrogen-bond acceptors (Lipinski definition) is 4. The summed E-state index contributed by atoms with van der Waals surface area (Å²) in [6, 6.07) is 7.87. The molecule has 1 N–H and O–H groups in total. The van der Waals surface area contributed by atoms with Crippen molar-refractivity contribution < 1.29 is 23.5 Å². The van der Waals surface area contributed by atoms with E-state index in [-0.39, 0.29) is 11.2 Å². The molecule has 0 unspecified atom stereocenters. The van der Waals surface area contributed by atoms with E-state index in [1.54, 1.807) is 26.8 Å². The van der Waals surface area contributed by atoms with Gasteiger partial charge >= 0.3 is 6.09 Å². The molecule has 0 radical (unpaired) electrons. The lowest BCUT2D eigenvalue weighted by atomic mass is 9.86. The van der Waals surface area contributed by atoms with Crippen molar-refractivity contribution in [3.63, 3.8) is 0 Å². The van der Waals surface area contributed by atoms with E-state index >= 15 is 4.39 Å². The number of ether oxygens (including phenoxy) is 2. The van der Waals surface area contributed by atoms with Gasteiger partial charge in [0.2, 0.25) is 0 Å². The summed E-state index contributed by atoms with van der Waals surface area (Å²) in [6.07, 6.45) is 1.64. The highest BCUT2D eigenvalue weighted by Crippen LogP contribution is 2.41. The van der Waals surface area contributed by atoms with Crippen LogP contribution in [0.1, 0.15) is 76.3 Å². The average Bonchev–Trinajstić information content (AvgIpc) is 3.06. The number of nitrogens with one attached hydrogen (secondary N) is 1. The van der Waals surface area contributed by atoms with Gasteiger partial charge < -0.3 is 14.8 Å². The molecule has 0 fully saturated rings. The maximum absolute atomic E-state index is 15.0. The maximum atomic E-state index is 15.0. The Kier molecular flexibility index (Phi) is 6.56. The van der Waals surface area contributed by atoms with Crippen LogP contribution in [-0.4, -0.2) is 35.7 Å². The van der Waals surface area contributed by atoms with Crippen LogP contribution in [0.25, 0.3) is 0 Å². The molecule has 1 aliphatic carbocycles. The highest BCUT2D eigenvalue weighted by molar-refractivity contribution is 5.98. The van der Waals surface area contributed by atoms with E-state index in [1.807, 2.05) is 39.0 Å². The van der Waals surface area contributed by atoms with Gasteiger partial charge in [-0.15, -0.1) is 0 Å². The molecule has 0 saturated heterocycles. The number of aryl methyl sites for hydroxylation is 1. The van der Waals surface area contributed by atoms with E-state index in [2.05, 4.69) is 5.32 Å². The molecule has 0 spiro atoms. The number of carbonyl (C=O) groups excluding carboxylic acids is 2. The van der Waals surface area contributed by atoms with Crippen molar-refractivity contribution in [2.45, 2.75) is 77.9 Å². The van der Waals surface area contributed by atoms with Crippen LogP contribution >= 0.6 is 0 Å². The van der Waals surface area contributed by atoms with Crippen LogP contribution in [0.4, 0.5) is 14.9 Å². The standard InChI is InChI=1S/C28H35FN2O4/c1-7-34-20-8-9-21-17(15-20)11-13-31(26(33)35-27(2,3)4)24(21)25(32)30-19-14-18-10-12-28(5,6)23(18)22(29)16-19/h8-9,14-16,24H,7,10-13H2,1-6H3,(H,30,32)/t24-/m0/s1. The van der Waals surface area contributed by atoms with Crippen molar-refractivity contribution in [1.82, 2.24) is 4.90 Å². The minimum atomic E-state index is -0.906. The van der Waals surface area contributed by atoms with Gasteiger partial charge in [-0.1, -0.05) is 19.9 Å². The largest absolute Gasteiger partial charge is 0.494 e. The fraction of sp³-hybridized carbons (Fsp3) is 0.500. The van der Waals surface area contributed by atoms with Gasteiger partial charge in [0, 0.05) is 12.2 Å². The number of carbonyl (C=O) groups is 2. The molecule has 1 atom stereocenters. The summed E-state index contributed by atoms with van der Waals surface area (Å²) in [4.78, 5) is 28.2. The van der Waals surface area contributed by atoms with Crippen molar-refractivity contribution in [3.05, 3.63) is 58.4 Å². The van der Waals surface area contributed by atoms with Crippen LogP contribution in [0.15, 0.2) is 30.3 Å². The van der Waals surface area contributed by atoms with Gasteiger partial charge in [0.25, 0.3) is 5.91 Å². The summed E-state index contributed by atoms with van der Waals surface area (Å²) in [5.41, 5.74) is 2.76. The smallest absolute Gasteiger partial charge is 0.411 e. The fourth-order valence-electron chi connectivity index (χ4n) is 5.13. The topological polar surface area (TPSA) is 67.9 Å². The molecule has 4 rings (SSSR count). The van der Waals surface area contributed by atoms with Crippen LogP contribution < -0.4 is 10.1 Å². The number of nitrogens with zero attached hydrogens (tertiary/aromatic N) is 1. The molecule has 0 aromatic heterocycles. The lowest BCUT2D eigenvalue weighted by molar-refractivity contribution is -0.122. The third-order valence-corrected chi connectivity index (χ3v) is 6.67. The highest BCUT2D eigenvalue weighted by atomic mass is 19.1. The van der Waals surface area contributed by atoms with Crippen molar-refractivity contribution in [2.75, 3.05) is 18.5 Å². The van der Waals surface area contributed by atoms with Crippen LogP contribution in [0, 0.1) is 5.82 Å². The Hall–Kier alpha value is -3.09. The first kappa shape index (κ1) is 25.0. The predicted octanol–water partition coefficient (Wildman–Crippen LogP) is 5.92. The molecule has 7 heteroatoms. The number of benzene rings is 2. The predicted molar refractivity (Wildman–Crippen MR) is 133 cm³/mol. The van der Waals surface area contributed by atoms with Gasteiger partial charge in [-0.3, -0.25) is 9.69 Å². The molecule has 6 nitrogen and oxygen atoms in total. The number of halogens is 1. The zero-order valence-electron chi connectivity index (χ0n) is 21.5. The second-order valence-electron chi connectivity index (χ2n) is 11.0. The first-order chi connectivity index (χ1) is 16.4. The molecular formula is C28H35FN2O4. The zero-order valence-corrected chi connectivity index (χ0v) is 21.5. The van der Waals surface area contributed by atoms with Gasteiger partial charge in [-0.2, -0.15) is 0 Å². The Balaban J connectivity index is 1.67. The second-order valence-corrected chi connectivity index (χ2v) is 11.0. The quantitative estimate of drug-likeness (QED) is 0.587. The summed E-state index contributed by atoms with van der Waals surface area (Å²) in [5, 5.41) is 2.88. The molecule has 0 bridgehead atoms. The van der Waals surface area contributed by atoms with Crippen molar-refractivity contribution in [1.29, 1.82) is 0 Å². The van der Waals surface area contributed by atoms with Gasteiger partial charge in [-0.25, -0.2) is 9.18 Å². The highest BCUT2D eigenvalue weighted by Gasteiger charge is 2.39. The van der Waals surface area contributed by atoms with Crippen LogP contribution in [0.5, 0.6) is 5.75 Å². The Labute approximate surface area is 206 Å². The number of anilines is 1. The SMILES string of the molecule is CCOc1ccc2c(c1)CCN(C(=O)OC(C)(C)C)[C@@H]2C(=O)Nc1cc(F)c2c(c1)CCC2(C)C. The summed E-state index contributed by atoms with van der Waals surface area (Å²) in [6.45, 7) is 12.2. The molecule has 1 heterocycles. The van der Waals surface area contributed by atoms with Crippen LogP contribution in [0.3, 0.4) is 0 Å². The molecule has 1 aliphatic heterocycles. The fourth-order valence-corrected chi connectivity index (χ4v) is 5.13. The van der Waals surface area contributed by atoms with Crippen LogP contribution in [0.2, 0.25) is 0 Å². The molecule has 2 aromatic rings. The molecule has 2 aliphatic rings. The molecule has 2 amide bonds. The lowest BCUT2D eigenvalue weighted by Crippen LogP contribution is -2.47. The molecule has 0 saturated carbocycles. The Bertz CT molecular complexity index is 1150. The van der Waals surface area contributed by atoms with Crippen molar-refractivity contribution in [2.24, 2.45) is 0 Å². The monoisotopic (exact) mass is 482 g/mol. The molecular weight excluding hydrogens is 447 g/mol. The summed E-state index contributed by atoms with van der Waals surface area (Å²) >= 11 is 0. The van der Waals surface area contributed by atoms with Crippen molar-refractivity contribution in [3.8, 4) is 5.75 Å². The average molecular weight is 483 g/mol. The van der Waals surface area contributed by atoms with E-state index in [4.69, 9.17) is 9.47 Å². The third-order valence-electron chi connectivity index (χ3n) is 6.67. The van der Waals surface area contributed by atoms with Gasteiger partial charge in [0.1, 0.15) is 23.2 Å². The first-order valence-electron chi connectivity index (χ1n) is 12.3. The van der Waals surface area contributed by atoms with E-state index in [0.29, 0.717) is 30.8 Å². The minimum Gasteiger partial charge on any atom is -0.494 e.